The van der Waals surface area contributed by atoms with Crippen LogP contribution in [-0.2, 0) is 0 Å². The number of carbonyl (C=O) groups excluding carboxylic acids is 1. The van der Waals surface area contributed by atoms with Crippen molar-refractivity contribution in [2.24, 2.45) is 0 Å². The van der Waals surface area contributed by atoms with Crippen LogP contribution in [0.5, 0.6) is 0 Å². The van der Waals surface area contributed by atoms with E-state index in [0.717, 1.165) is 21.9 Å². The number of amides is 1. The standard InChI is InChI=1S/C17H15NO2S/c1-11-10-14(12(2)20-11)17(19)18-15-7-4-3-6-13(15)16-8-5-9-21-16/h3-10H,1-2H3,(H,18,19). The molecule has 1 N–H and O–H groups in total. The zero-order valence-corrected chi connectivity index (χ0v) is 12.7. The predicted octanol–water partition coefficient (Wildman–Crippen LogP) is 4.88. The molecule has 0 fully saturated rings. The summed E-state index contributed by atoms with van der Waals surface area (Å²) in [5.74, 6) is 1.23. The minimum absolute atomic E-state index is 0.145. The van der Waals surface area contributed by atoms with E-state index in [2.05, 4.69) is 5.32 Å². The first-order chi connectivity index (χ1) is 10.1. The van der Waals surface area contributed by atoms with Gasteiger partial charge in [-0.3, -0.25) is 4.79 Å². The van der Waals surface area contributed by atoms with E-state index >= 15 is 0 Å². The normalized spacial score (nSPS) is 10.6. The van der Waals surface area contributed by atoms with Crippen LogP contribution in [0.1, 0.15) is 21.9 Å². The number of furan rings is 1. The zero-order chi connectivity index (χ0) is 14.8. The van der Waals surface area contributed by atoms with Crippen LogP contribution in [-0.4, -0.2) is 5.91 Å². The fourth-order valence-electron chi connectivity index (χ4n) is 2.28. The number of anilines is 1. The Labute approximate surface area is 127 Å². The fraction of sp³-hybridized carbons (Fsp3) is 0.118. The van der Waals surface area contributed by atoms with Gasteiger partial charge in [0.15, 0.2) is 0 Å². The van der Waals surface area contributed by atoms with Gasteiger partial charge in [-0.2, -0.15) is 0 Å². The smallest absolute Gasteiger partial charge is 0.259 e. The molecule has 0 spiro atoms. The molecule has 0 radical (unpaired) electrons. The molecule has 0 saturated heterocycles. The van der Waals surface area contributed by atoms with Gasteiger partial charge in [0.2, 0.25) is 0 Å². The molecule has 0 saturated carbocycles. The zero-order valence-electron chi connectivity index (χ0n) is 11.8. The van der Waals surface area contributed by atoms with Crippen LogP contribution in [0.25, 0.3) is 10.4 Å². The summed E-state index contributed by atoms with van der Waals surface area (Å²) in [6.07, 6.45) is 0. The fourth-order valence-corrected chi connectivity index (χ4v) is 3.05. The molecule has 1 amide bonds. The number of hydrogen-bond acceptors (Lipinski definition) is 3. The molecule has 0 aliphatic carbocycles. The van der Waals surface area contributed by atoms with Gasteiger partial charge < -0.3 is 9.73 Å². The van der Waals surface area contributed by atoms with Gasteiger partial charge in [-0.15, -0.1) is 11.3 Å². The monoisotopic (exact) mass is 297 g/mol. The van der Waals surface area contributed by atoms with E-state index in [1.165, 1.54) is 0 Å². The number of para-hydroxylation sites is 1. The summed E-state index contributed by atoms with van der Waals surface area (Å²) in [6.45, 7) is 3.64. The Bertz CT molecular complexity index is 772. The molecule has 3 nitrogen and oxygen atoms in total. The lowest BCUT2D eigenvalue weighted by Crippen LogP contribution is -2.12. The number of thiophene rings is 1. The maximum atomic E-state index is 12.4. The van der Waals surface area contributed by atoms with Gasteiger partial charge in [0.25, 0.3) is 5.91 Å². The summed E-state index contributed by atoms with van der Waals surface area (Å²) >= 11 is 1.65. The third-order valence-electron chi connectivity index (χ3n) is 3.25. The Kier molecular flexibility index (Phi) is 3.62. The highest BCUT2D eigenvalue weighted by atomic mass is 32.1. The Morgan fingerprint density at radius 3 is 2.62 bits per heavy atom. The van der Waals surface area contributed by atoms with Gasteiger partial charge in [0.1, 0.15) is 11.5 Å². The number of hydrogen-bond donors (Lipinski definition) is 1. The van der Waals surface area contributed by atoms with E-state index in [4.69, 9.17) is 4.42 Å². The molecule has 3 rings (SSSR count). The van der Waals surface area contributed by atoms with Crippen molar-refractivity contribution in [1.29, 1.82) is 0 Å². The predicted molar refractivity (Wildman–Crippen MR) is 85.9 cm³/mol. The molecule has 0 aliphatic rings. The lowest BCUT2D eigenvalue weighted by Gasteiger charge is -2.09. The van der Waals surface area contributed by atoms with Gasteiger partial charge in [0, 0.05) is 16.1 Å². The van der Waals surface area contributed by atoms with Crippen molar-refractivity contribution in [1.82, 2.24) is 0 Å². The van der Waals surface area contributed by atoms with Gasteiger partial charge in [-0.05, 0) is 37.4 Å². The Balaban J connectivity index is 1.92. The van der Waals surface area contributed by atoms with E-state index in [-0.39, 0.29) is 5.91 Å². The molecular formula is C17H15NO2S. The van der Waals surface area contributed by atoms with Crippen molar-refractivity contribution in [3.05, 3.63) is 64.9 Å². The van der Waals surface area contributed by atoms with Crippen LogP contribution in [0.2, 0.25) is 0 Å². The van der Waals surface area contributed by atoms with E-state index in [0.29, 0.717) is 11.3 Å². The van der Waals surface area contributed by atoms with E-state index in [1.807, 2.05) is 48.7 Å². The van der Waals surface area contributed by atoms with Crippen molar-refractivity contribution >= 4 is 22.9 Å². The van der Waals surface area contributed by atoms with E-state index in [9.17, 15) is 4.79 Å². The van der Waals surface area contributed by atoms with Crippen LogP contribution >= 0.6 is 11.3 Å². The largest absolute Gasteiger partial charge is 0.466 e. The minimum atomic E-state index is -0.145. The average Bonchev–Trinajstić information content (AvgIpc) is 3.09. The summed E-state index contributed by atoms with van der Waals surface area (Å²) < 4.78 is 5.42. The highest BCUT2D eigenvalue weighted by molar-refractivity contribution is 7.13. The first-order valence-corrected chi connectivity index (χ1v) is 7.54. The summed E-state index contributed by atoms with van der Waals surface area (Å²) in [5.41, 5.74) is 2.41. The Morgan fingerprint density at radius 1 is 1.14 bits per heavy atom. The summed E-state index contributed by atoms with van der Waals surface area (Å²) in [7, 11) is 0. The first-order valence-electron chi connectivity index (χ1n) is 6.66. The van der Waals surface area contributed by atoms with Crippen LogP contribution in [0, 0.1) is 13.8 Å². The molecule has 0 bridgehead atoms. The Hall–Kier alpha value is -2.33. The molecule has 21 heavy (non-hydrogen) atoms. The number of nitrogens with one attached hydrogen (secondary N) is 1. The van der Waals surface area contributed by atoms with Crippen LogP contribution in [0.4, 0.5) is 5.69 Å². The topological polar surface area (TPSA) is 42.2 Å². The molecule has 106 valence electrons. The van der Waals surface area contributed by atoms with Gasteiger partial charge in [0.05, 0.1) is 5.56 Å². The van der Waals surface area contributed by atoms with Crippen molar-refractivity contribution < 1.29 is 9.21 Å². The minimum Gasteiger partial charge on any atom is -0.466 e. The van der Waals surface area contributed by atoms with E-state index in [1.54, 1.807) is 24.3 Å². The number of carbonyl (C=O) groups is 1. The molecule has 1 aromatic carbocycles. The first kappa shape index (κ1) is 13.6. The SMILES string of the molecule is Cc1cc(C(=O)Nc2ccccc2-c2cccs2)c(C)o1. The second kappa shape index (κ2) is 5.58. The van der Waals surface area contributed by atoms with Gasteiger partial charge in [-0.1, -0.05) is 24.3 Å². The van der Waals surface area contributed by atoms with Crippen LogP contribution in [0.3, 0.4) is 0 Å². The summed E-state index contributed by atoms with van der Waals surface area (Å²) in [5, 5.41) is 5.00. The van der Waals surface area contributed by atoms with Gasteiger partial charge >= 0.3 is 0 Å². The van der Waals surface area contributed by atoms with Crippen molar-refractivity contribution in [3.63, 3.8) is 0 Å². The molecule has 3 aromatic rings. The van der Waals surface area contributed by atoms with Crippen LogP contribution in [0.15, 0.2) is 52.3 Å². The second-order valence-electron chi connectivity index (χ2n) is 4.80. The summed E-state index contributed by atoms with van der Waals surface area (Å²) in [6, 6.07) is 13.6. The third kappa shape index (κ3) is 2.76. The quantitative estimate of drug-likeness (QED) is 0.749. The molecule has 0 atom stereocenters. The van der Waals surface area contributed by atoms with Crippen molar-refractivity contribution in [2.45, 2.75) is 13.8 Å². The highest BCUT2D eigenvalue weighted by Gasteiger charge is 2.15. The molecule has 0 aliphatic heterocycles. The molecule has 4 heteroatoms. The third-order valence-corrected chi connectivity index (χ3v) is 4.15. The maximum absolute atomic E-state index is 12.4. The number of benzene rings is 1. The Morgan fingerprint density at radius 2 is 1.95 bits per heavy atom. The average molecular weight is 297 g/mol. The lowest BCUT2D eigenvalue weighted by atomic mass is 10.1. The van der Waals surface area contributed by atoms with E-state index < -0.39 is 0 Å². The number of aryl methyl sites for hydroxylation is 2. The maximum Gasteiger partial charge on any atom is 0.259 e. The molecule has 0 unspecified atom stereocenters. The molecule has 2 aromatic heterocycles. The number of rotatable bonds is 3. The second-order valence-corrected chi connectivity index (χ2v) is 5.75. The van der Waals surface area contributed by atoms with Crippen LogP contribution < -0.4 is 5.32 Å². The summed E-state index contributed by atoms with van der Waals surface area (Å²) in [4.78, 5) is 13.5. The van der Waals surface area contributed by atoms with Crippen molar-refractivity contribution in [2.75, 3.05) is 5.32 Å². The highest BCUT2D eigenvalue weighted by Crippen LogP contribution is 2.31. The lowest BCUT2D eigenvalue weighted by molar-refractivity contribution is 0.102. The molecule has 2 heterocycles. The van der Waals surface area contributed by atoms with Crippen molar-refractivity contribution in [3.8, 4) is 10.4 Å². The van der Waals surface area contributed by atoms with Gasteiger partial charge in [-0.25, -0.2) is 0 Å². The molecular weight excluding hydrogens is 282 g/mol.